The van der Waals surface area contributed by atoms with Crippen LogP contribution in [0.2, 0.25) is 0 Å². The first-order chi connectivity index (χ1) is 16.5. The van der Waals surface area contributed by atoms with Crippen LogP contribution < -0.4 is 9.62 Å². The second-order valence-corrected chi connectivity index (χ2v) is 11.0. The van der Waals surface area contributed by atoms with Gasteiger partial charge in [-0.1, -0.05) is 55.0 Å². The molecule has 0 saturated carbocycles. The molecule has 0 spiro atoms. The number of anilines is 1. The lowest BCUT2D eigenvalue weighted by Gasteiger charge is -2.30. The molecule has 0 aliphatic rings. The summed E-state index contributed by atoms with van der Waals surface area (Å²) in [6.07, 6.45) is 3.10. The van der Waals surface area contributed by atoms with Gasteiger partial charge in [0.1, 0.15) is 6.04 Å². The van der Waals surface area contributed by atoms with Gasteiger partial charge in [0.05, 0.1) is 11.9 Å². The molecule has 2 amide bonds. The SMILES string of the molecule is CC[C@@H](C)NC(=O)[C@@H](C)N(CCc1ccccc1)C(=O)CCCN(c1ccc(C)cc1)S(C)(=O)=O. The predicted octanol–water partition coefficient (Wildman–Crippen LogP) is 3.92. The summed E-state index contributed by atoms with van der Waals surface area (Å²) in [5.74, 6) is -0.344. The number of sulfonamides is 1. The van der Waals surface area contributed by atoms with Crippen LogP contribution in [0.25, 0.3) is 0 Å². The van der Waals surface area contributed by atoms with Gasteiger partial charge in [0, 0.05) is 25.6 Å². The molecule has 2 atom stereocenters. The van der Waals surface area contributed by atoms with E-state index in [0.29, 0.717) is 25.1 Å². The summed E-state index contributed by atoms with van der Waals surface area (Å²) in [5, 5.41) is 2.96. The molecule has 0 radical (unpaired) electrons. The number of nitrogens with zero attached hydrogens (tertiary/aromatic N) is 2. The number of amides is 2. The number of benzene rings is 2. The predicted molar refractivity (Wildman–Crippen MR) is 142 cm³/mol. The van der Waals surface area contributed by atoms with Crippen molar-refractivity contribution in [1.82, 2.24) is 10.2 Å². The Morgan fingerprint density at radius 1 is 0.971 bits per heavy atom. The summed E-state index contributed by atoms with van der Waals surface area (Å²) in [6, 6.07) is 16.5. The number of aryl methyl sites for hydroxylation is 1. The molecule has 0 fully saturated rings. The summed E-state index contributed by atoms with van der Waals surface area (Å²) in [5.41, 5.74) is 2.70. The molecule has 1 N–H and O–H groups in total. The lowest BCUT2D eigenvalue weighted by molar-refractivity contribution is -0.140. The van der Waals surface area contributed by atoms with Crippen LogP contribution in [0.4, 0.5) is 5.69 Å². The average Bonchev–Trinajstić information content (AvgIpc) is 2.82. The Kier molecular flexibility index (Phi) is 10.8. The topological polar surface area (TPSA) is 86.8 Å². The molecule has 0 aliphatic carbocycles. The van der Waals surface area contributed by atoms with Crippen LogP contribution >= 0.6 is 0 Å². The first-order valence-corrected chi connectivity index (χ1v) is 14.1. The fraction of sp³-hybridized carbons (Fsp3) is 0.481. The van der Waals surface area contributed by atoms with Crippen LogP contribution in [-0.4, -0.2) is 56.6 Å². The number of carbonyl (C=O) groups is 2. The number of carbonyl (C=O) groups excluding carboxylic acids is 2. The highest BCUT2D eigenvalue weighted by molar-refractivity contribution is 7.92. The summed E-state index contributed by atoms with van der Waals surface area (Å²) in [6.45, 7) is 8.21. The van der Waals surface area contributed by atoms with E-state index in [1.54, 1.807) is 24.0 Å². The van der Waals surface area contributed by atoms with E-state index >= 15 is 0 Å². The monoisotopic (exact) mass is 501 g/mol. The van der Waals surface area contributed by atoms with Crippen molar-refractivity contribution in [1.29, 1.82) is 0 Å². The number of hydrogen-bond donors (Lipinski definition) is 1. The summed E-state index contributed by atoms with van der Waals surface area (Å²) < 4.78 is 26.1. The molecule has 192 valence electrons. The zero-order chi connectivity index (χ0) is 26.0. The normalized spacial score (nSPS) is 13.1. The lowest BCUT2D eigenvalue weighted by atomic mass is 10.1. The first-order valence-electron chi connectivity index (χ1n) is 12.2. The summed E-state index contributed by atoms with van der Waals surface area (Å²) in [4.78, 5) is 27.7. The average molecular weight is 502 g/mol. The third kappa shape index (κ3) is 9.02. The van der Waals surface area contributed by atoms with Crippen molar-refractivity contribution in [3.8, 4) is 0 Å². The molecule has 0 aliphatic heterocycles. The third-order valence-corrected chi connectivity index (χ3v) is 7.32. The van der Waals surface area contributed by atoms with Crippen molar-refractivity contribution < 1.29 is 18.0 Å². The summed E-state index contributed by atoms with van der Waals surface area (Å²) in [7, 11) is -3.50. The van der Waals surface area contributed by atoms with Crippen molar-refractivity contribution in [2.75, 3.05) is 23.7 Å². The van der Waals surface area contributed by atoms with Crippen molar-refractivity contribution in [3.05, 3.63) is 65.7 Å². The van der Waals surface area contributed by atoms with Gasteiger partial charge < -0.3 is 10.2 Å². The Labute approximate surface area is 210 Å². The molecule has 2 rings (SSSR count). The molecule has 2 aromatic rings. The van der Waals surface area contributed by atoms with Crippen LogP contribution in [0.15, 0.2) is 54.6 Å². The number of nitrogens with one attached hydrogen (secondary N) is 1. The van der Waals surface area contributed by atoms with Crippen LogP contribution in [0.1, 0.15) is 51.2 Å². The van der Waals surface area contributed by atoms with Gasteiger partial charge >= 0.3 is 0 Å². The second-order valence-electron chi connectivity index (χ2n) is 9.09. The molecule has 0 heterocycles. The quantitative estimate of drug-likeness (QED) is 0.451. The van der Waals surface area contributed by atoms with Gasteiger partial charge in [0.25, 0.3) is 0 Å². The molecule has 8 heteroatoms. The van der Waals surface area contributed by atoms with Crippen molar-refractivity contribution in [2.45, 2.75) is 65.5 Å². The fourth-order valence-corrected chi connectivity index (χ4v) is 4.72. The van der Waals surface area contributed by atoms with Crippen molar-refractivity contribution in [2.24, 2.45) is 0 Å². The maximum atomic E-state index is 13.3. The van der Waals surface area contributed by atoms with Gasteiger partial charge in [-0.05, 0) is 57.7 Å². The van der Waals surface area contributed by atoms with E-state index in [4.69, 9.17) is 0 Å². The van der Waals surface area contributed by atoms with Gasteiger partial charge in [-0.15, -0.1) is 0 Å². The van der Waals surface area contributed by atoms with E-state index in [1.165, 1.54) is 10.6 Å². The van der Waals surface area contributed by atoms with E-state index in [9.17, 15) is 18.0 Å². The van der Waals surface area contributed by atoms with Crippen LogP contribution in [0, 0.1) is 6.92 Å². The molecule has 0 bridgehead atoms. The molecule has 35 heavy (non-hydrogen) atoms. The van der Waals surface area contributed by atoms with E-state index in [1.807, 2.05) is 63.2 Å². The maximum Gasteiger partial charge on any atom is 0.242 e. The standard InChI is InChI=1S/C27H39N3O4S/c1-6-22(3)28-27(32)23(4)29(20-18-24-11-8-7-9-12-24)26(31)13-10-19-30(35(5,33)34)25-16-14-21(2)15-17-25/h7-9,11-12,14-17,22-23H,6,10,13,18-20H2,1-5H3,(H,28,32)/t22-,23-/m1/s1. The van der Waals surface area contributed by atoms with E-state index in [-0.39, 0.29) is 30.8 Å². The smallest absolute Gasteiger partial charge is 0.242 e. The van der Waals surface area contributed by atoms with Gasteiger partial charge in [0.2, 0.25) is 21.8 Å². The molecule has 2 aromatic carbocycles. The minimum Gasteiger partial charge on any atom is -0.352 e. The second kappa shape index (κ2) is 13.3. The molecular weight excluding hydrogens is 462 g/mol. The van der Waals surface area contributed by atoms with Gasteiger partial charge in [-0.25, -0.2) is 8.42 Å². The highest BCUT2D eigenvalue weighted by Gasteiger charge is 2.26. The van der Waals surface area contributed by atoms with Gasteiger partial charge in [0.15, 0.2) is 0 Å². The number of rotatable bonds is 13. The zero-order valence-electron chi connectivity index (χ0n) is 21.5. The molecule has 7 nitrogen and oxygen atoms in total. The Morgan fingerprint density at radius 3 is 2.17 bits per heavy atom. The minimum atomic E-state index is -3.50. The molecular formula is C27H39N3O4S. The van der Waals surface area contributed by atoms with Gasteiger partial charge in [-0.3, -0.25) is 13.9 Å². The Hall–Kier alpha value is -2.87. The highest BCUT2D eigenvalue weighted by Crippen LogP contribution is 2.19. The molecule has 0 saturated heterocycles. The van der Waals surface area contributed by atoms with Gasteiger partial charge in [-0.2, -0.15) is 0 Å². The maximum absolute atomic E-state index is 13.3. The fourth-order valence-electron chi connectivity index (χ4n) is 3.75. The van der Waals surface area contributed by atoms with Crippen molar-refractivity contribution >= 4 is 27.5 Å². The summed E-state index contributed by atoms with van der Waals surface area (Å²) >= 11 is 0. The van der Waals surface area contributed by atoms with Crippen molar-refractivity contribution in [3.63, 3.8) is 0 Å². The van der Waals surface area contributed by atoms with Crippen LogP contribution in [-0.2, 0) is 26.0 Å². The molecule has 0 aromatic heterocycles. The first kappa shape index (κ1) is 28.4. The van der Waals surface area contributed by atoms with Crippen LogP contribution in [0.3, 0.4) is 0 Å². The highest BCUT2D eigenvalue weighted by atomic mass is 32.2. The Balaban J connectivity index is 2.10. The lowest BCUT2D eigenvalue weighted by Crippen LogP contribution is -2.50. The van der Waals surface area contributed by atoms with E-state index in [0.717, 1.165) is 17.5 Å². The largest absolute Gasteiger partial charge is 0.352 e. The zero-order valence-corrected chi connectivity index (χ0v) is 22.3. The van der Waals surface area contributed by atoms with Crippen LogP contribution in [0.5, 0.6) is 0 Å². The van der Waals surface area contributed by atoms with E-state index in [2.05, 4.69) is 5.32 Å². The Morgan fingerprint density at radius 2 is 1.60 bits per heavy atom. The third-order valence-electron chi connectivity index (χ3n) is 6.13. The number of hydrogen-bond acceptors (Lipinski definition) is 4. The Bertz CT molecular complexity index is 1060. The minimum absolute atomic E-state index is 0.0221. The molecule has 0 unspecified atom stereocenters. The van der Waals surface area contributed by atoms with E-state index < -0.39 is 16.1 Å².